The van der Waals surface area contributed by atoms with Gasteiger partial charge in [-0.25, -0.2) is 12.8 Å². The lowest BCUT2D eigenvalue weighted by Crippen LogP contribution is -2.13. The van der Waals surface area contributed by atoms with Crippen molar-refractivity contribution in [1.29, 1.82) is 0 Å². The molecule has 1 aromatic heterocycles. The molecule has 0 aliphatic heterocycles. The average Bonchev–Trinajstić information content (AvgIpc) is 2.96. The summed E-state index contributed by atoms with van der Waals surface area (Å²) in [4.78, 5) is 0.0161. The van der Waals surface area contributed by atoms with Gasteiger partial charge in [-0.1, -0.05) is 12.1 Å². The molecule has 0 bridgehead atoms. The molecule has 24 heavy (non-hydrogen) atoms. The van der Waals surface area contributed by atoms with Crippen molar-refractivity contribution >= 4 is 15.7 Å². The highest BCUT2D eigenvalue weighted by Crippen LogP contribution is 2.24. The first kappa shape index (κ1) is 16.2. The molecule has 0 fully saturated rings. The molecule has 0 aliphatic carbocycles. The zero-order chi connectivity index (χ0) is 17.3. The number of hydrogen-bond donors (Lipinski definition) is 2. The van der Waals surface area contributed by atoms with E-state index in [-0.39, 0.29) is 10.5 Å². The maximum Gasteiger partial charge on any atom is 0.261 e. The molecule has 0 spiro atoms. The molecular formula is C17H16FN3O2S. The fourth-order valence-corrected chi connectivity index (χ4v) is 3.44. The molecule has 0 saturated heterocycles. The van der Waals surface area contributed by atoms with Gasteiger partial charge in [0, 0.05) is 16.9 Å². The van der Waals surface area contributed by atoms with Crippen molar-refractivity contribution in [2.24, 2.45) is 0 Å². The number of hydrogen-bond acceptors (Lipinski definition) is 3. The Morgan fingerprint density at radius 2 is 1.88 bits per heavy atom. The van der Waals surface area contributed by atoms with Crippen LogP contribution in [0.3, 0.4) is 0 Å². The monoisotopic (exact) mass is 345 g/mol. The summed E-state index contributed by atoms with van der Waals surface area (Å²) < 4.78 is 40.8. The standard InChI is InChI=1S/C17H16FN3O2S/c1-11-8-15(6-7-16(11)18)24(22,23)21-14-5-3-4-13(10-14)17-9-12(2)19-20-17/h3-10,21H,1-2H3,(H,19,20). The van der Waals surface area contributed by atoms with Gasteiger partial charge in [0.2, 0.25) is 0 Å². The number of nitrogens with zero attached hydrogens (tertiary/aromatic N) is 1. The van der Waals surface area contributed by atoms with Crippen LogP contribution in [0.2, 0.25) is 0 Å². The van der Waals surface area contributed by atoms with Crippen molar-refractivity contribution in [3.8, 4) is 11.3 Å². The van der Waals surface area contributed by atoms with Gasteiger partial charge in [0.25, 0.3) is 10.0 Å². The van der Waals surface area contributed by atoms with E-state index in [2.05, 4.69) is 14.9 Å². The van der Waals surface area contributed by atoms with Crippen molar-refractivity contribution in [1.82, 2.24) is 10.2 Å². The molecular weight excluding hydrogens is 329 g/mol. The SMILES string of the molecule is Cc1cc(-c2cccc(NS(=O)(=O)c3ccc(F)c(C)c3)c2)n[nH]1. The molecule has 3 rings (SSSR count). The van der Waals surface area contributed by atoms with Gasteiger partial charge in [-0.3, -0.25) is 9.82 Å². The topological polar surface area (TPSA) is 74.8 Å². The highest BCUT2D eigenvalue weighted by Gasteiger charge is 2.16. The summed E-state index contributed by atoms with van der Waals surface area (Å²) in [5.41, 5.74) is 3.12. The molecule has 5 nitrogen and oxygen atoms in total. The fraction of sp³-hybridized carbons (Fsp3) is 0.118. The van der Waals surface area contributed by atoms with Gasteiger partial charge >= 0.3 is 0 Å². The Balaban J connectivity index is 1.91. The molecule has 0 amide bonds. The van der Waals surface area contributed by atoms with E-state index in [1.165, 1.54) is 19.1 Å². The van der Waals surface area contributed by atoms with Crippen LogP contribution in [-0.4, -0.2) is 18.6 Å². The summed E-state index contributed by atoms with van der Waals surface area (Å²) in [6, 6.07) is 12.5. The molecule has 7 heteroatoms. The quantitative estimate of drug-likeness (QED) is 0.758. The Bertz CT molecular complexity index is 997. The predicted octanol–water partition coefficient (Wildman–Crippen LogP) is 3.63. The van der Waals surface area contributed by atoms with E-state index in [4.69, 9.17) is 0 Å². The highest BCUT2D eigenvalue weighted by atomic mass is 32.2. The summed E-state index contributed by atoms with van der Waals surface area (Å²) in [7, 11) is -3.79. The second-order valence-corrected chi connectivity index (χ2v) is 7.22. The van der Waals surface area contributed by atoms with Gasteiger partial charge in [-0.2, -0.15) is 5.10 Å². The Labute approximate surface area is 139 Å². The van der Waals surface area contributed by atoms with Crippen LogP contribution in [-0.2, 0) is 10.0 Å². The number of aromatic amines is 1. The minimum Gasteiger partial charge on any atom is -0.282 e. The fourth-order valence-electron chi connectivity index (χ4n) is 2.31. The normalized spacial score (nSPS) is 11.5. The molecule has 0 saturated carbocycles. The Morgan fingerprint density at radius 1 is 1.08 bits per heavy atom. The minimum atomic E-state index is -3.79. The van der Waals surface area contributed by atoms with E-state index < -0.39 is 15.8 Å². The number of nitrogens with one attached hydrogen (secondary N) is 2. The van der Waals surface area contributed by atoms with Gasteiger partial charge < -0.3 is 0 Å². The van der Waals surface area contributed by atoms with Gasteiger partial charge in [-0.15, -0.1) is 0 Å². The van der Waals surface area contributed by atoms with Crippen molar-refractivity contribution < 1.29 is 12.8 Å². The first-order chi connectivity index (χ1) is 11.3. The molecule has 0 radical (unpaired) electrons. The number of aryl methyl sites for hydroxylation is 2. The van der Waals surface area contributed by atoms with Crippen LogP contribution < -0.4 is 4.72 Å². The summed E-state index contributed by atoms with van der Waals surface area (Å²) in [5.74, 6) is -0.440. The minimum absolute atomic E-state index is 0.0161. The second kappa shape index (κ2) is 6.09. The van der Waals surface area contributed by atoms with Crippen LogP contribution in [0.1, 0.15) is 11.3 Å². The summed E-state index contributed by atoms with van der Waals surface area (Å²) >= 11 is 0. The van der Waals surface area contributed by atoms with Crippen molar-refractivity contribution in [2.75, 3.05) is 4.72 Å². The average molecular weight is 345 g/mol. The predicted molar refractivity (Wildman–Crippen MR) is 90.7 cm³/mol. The maximum absolute atomic E-state index is 13.3. The Hall–Kier alpha value is -2.67. The van der Waals surface area contributed by atoms with E-state index in [1.54, 1.807) is 18.2 Å². The van der Waals surface area contributed by atoms with Gasteiger partial charge in [-0.05, 0) is 55.8 Å². The number of sulfonamides is 1. The second-order valence-electron chi connectivity index (χ2n) is 5.53. The first-order valence-electron chi connectivity index (χ1n) is 7.26. The lowest BCUT2D eigenvalue weighted by molar-refractivity contribution is 0.598. The number of benzene rings is 2. The molecule has 0 aliphatic rings. The maximum atomic E-state index is 13.3. The van der Waals surface area contributed by atoms with Crippen LogP contribution in [0, 0.1) is 19.7 Å². The number of halogens is 1. The highest BCUT2D eigenvalue weighted by molar-refractivity contribution is 7.92. The summed E-state index contributed by atoms with van der Waals surface area (Å²) in [6.07, 6.45) is 0. The zero-order valence-corrected chi connectivity index (χ0v) is 14.0. The molecule has 1 heterocycles. The first-order valence-corrected chi connectivity index (χ1v) is 8.75. The van der Waals surface area contributed by atoms with Gasteiger partial charge in [0.1, 0.15) is 5.82 Å². The lowest BCUT2D eigenvalue weighted by atomic mass is 10.1. The molecule has 3 aromatic rings. The lowest BCUT2D eigenvalue weighted by Gasteiger charge is -2.10. The van der Waals surface area contributed by atoms with Crippen LogP contribution in [0.4, 0.5) is 10.1 Å². The number of H-pyrrole nitrogens is 1. The van der Waals surface area contributed by atoms with E-state index in [0.29, 0.717) is 5.69 Å². The van der Waals surface area contributed by atoms with Crippen molar-refractivity contribution in [2.45, 2.75) is 18.7 Å². The van der Waals surface area contributed by atoms with Gasteiger partial charge in [0.15, 0.2) is 0 Å². The van der Waals surface area contributed by atoms with Crippen LogP contribution in [0.5, 0.6) is 0 Å². The van der Waals surface area contributed by atoms with Crippen LogP contribution >= 0.6 is 0 Å². The molecule has 124 valence electrons. The van der Waals surface area contributed by atoms with E-state index in [9.17, 15) is 12.8 Å². The molecule has 2 aromatic carbocycles. The third kappa shape index (κ3) is 3.30. The van der Waals surface area contributed by atoms with Crippen LogP contribution in [0.25, 0.3) is 11.3 Å². The van der Waals surface area contributed by atoms with Crippen molar-refractivity contribution in [3.05, 3.63) is 65.6 Å². The van der Waals surface area contributed by atoms with E-state index >= 15 is 0 Å². The van der Waals surface area contributed by atoms with Crippen LogP contribution in [0.15, 0.2) is 53.4 Å². The number of aromatic nitrogens is 2. The molecule has 0 atom stereocenters. The van der Waals surface area contributed by atoms with E-state index in [1.807, 2.05) is 19.1 Å². The third-order valence-electron chi connectivity index (χ3n) is 3.56. The third-order valence-corrected chi connectivity index (χ3v) is 4.94. The molecule has 0 unspecified atom stereocenters. The van der Waals surface area contributed by atoms with Gasteiger partial charge in [0.05, 0.1) is 10.6 Å². The van der Waals surface area contributed by atoms with Crippen molar-refractivity contribution in [3.63, 3.8) is 0 Å². The number of rotatable bonds is 4. The Morgan fingerprint density at radius 3 is 2.54 bits per heavy atom. The Kier molecular flexibility index (Phi) is 4.11. The largest absolute Gasteiger partial charge is 0.282 e. The molecule has 2 N–H and O–H groups in total. The summed E-state index contributed by atoms with van der Waals surface area (Å²) in [6.45, 7) is 3.41. The number of anilines is 1. The smallest absolute Gasteiger partial charge is 0.261 e. The zero-order valence-electron chi connectivity index (χ0n) is 13.2. The van der Waals surface area contributed by atoms with E-state index in [0.717, 1.165) is 23.0 Å². The summed E-state index contributed by atoms with van der Waals surface area (Å²) in [5, 5.41) is 7.01.